The molecule has 1 heterocycles. The van der Waals surface area contributed by atoms with Crippen LogP contribution in [0.4, 0.5) is 10.8 Å². The van der Waals surface area contributed by atoms with E-state index in [4.69, 9.17) is 10.8 Å². The molecule has 1 aromatic carbocycles. The van der Waals surface area contributed by atoms with Gasteiger partial charge in [0.05, 0.1) is 5.69 Å². The van der Waals surface area contributed by atoms with E-state index in [1.165, 1.54) is 0 Å². The summed E-state index contributed by atoms with van der Waals surface area (Å²) < 4.78 is 0. The third-order valence-electron chi connectivity index (χ3n) is 2.83. The number of carbonyl (C=O) groups is 2. The SMILES string of the molecule is Cc1nc(N)sc1C(=O)Nc1cccc(CCC(=O)O)c1. The lowest BCUT2D eigenvalue weighted by Gasteiger charge is -2.06. The second kappa shape index (κ2) is 6.36. The second-order valence-corrected chi connectivity index (χ2v) is 5.55. The van der Waals surface area contributed by atoms with Gasteiger partial charge >= 0.3 is 5.97 Å². The van der Waals surface area contributed by atoms with Gasteiger partial charge < -0.3 is 16.2 Å². The number of aromatic nitrogens is 1. The molecule has 6 nitrogen and oxygen atoms in total. The van der Waals surface area contributed by atoms with Crippen molar-refractivity contribution in [2.75, 3.05) is 11.1 Å². The van der Waals surface area contributed by atoms with Crippen molar-refractivity contribution in [2.24, 2.45) is 0 Å². The Hall–Kier alpha value is -2.41. The number of aliphatic carboxylic acids is 1. The standard InChI is InChI=1S/C14H15N3O3S/c1-8-12(21-14(15)16-8)13(20)17-10-4-2-3-9(7-10)5-6-11(18)19/h2-4,7H,5-6H2,1H3,(H2,15,16)(H,17,20)(H,18,19). The molecule has 0 aliphatic rings. The van der Waals surface area contributed by atoms with Gasteiger partial charge in [0.2, 0.25) is 0 Å². The number of carboxylic acid groups (broad SMARTS) is 1. The first-order valence-corrected chi connectivity index (χ1v) is 7.12. The highest BCUT2D eigenvalue weighted by molar-refractivity contribution is 7.17. The van der Waals surface area contributed by atoms with Crippen molar-refractivity contribution in [3.63, 3.8) is 0 Å². The van der Waals surface area contributed by atoms with E-state index in [-0.39, 0.29) is 12.3 Å². The zero-order valence-corrected chi connectivity index (χ0v) is 12.2. The van der Waals surface area contributed by atoms with Crippen LogP contribution in [-0.2, 0) is 11.2 Å². The molecule has 0 atom stereocenters. The Morgan fingerprint density at radius 2 is 2.19 bits per heavy atom. The molecular formula is C14H15N3O3S. The molecule has 0 fully saturated rings. The first-order chi connectivity index (χ1) is 9.95. The summed E-state index contributed by atoms with van der Waals surface area (Å²) in [5.41, 5.74) is 7.65. The minimum absolute atomic E-state index is 0.0574. The monoisotopic (exact) mass is 305 g/mol. The Morgan fingerprint density at radius 3 is 2.81 bits per heavy atom. The van der Waals surface area contributed by atoms with Gasteiger partial charge in [0.1, 0.15) is 4.88 Å². The van der Waals surface area contributed by atoms with Crippen LogP contribution in [0.25, 0.3) is 0 Å². The fourth-order valence-electron chi connectivity index (χ4n) is 1.87. The number of carboxylic acids is 1. The number of amides is 1. The molecule has 110 valence electrons. The van der Waals surface area contributed by atoms with Crippen molar-refractivity contribution >= 4 is 34.0 Å². The van der Waals surface area contributed by atoms with Crippen molar-refractivity contribution in [3.8, 4) is 0 Å². The number of carbonyl (C=O) groups excluding carboxylic acids is 1. The number of aryl methyl sites for hydroxylation is 2. The minimum atomic E-state index is -0.847. The number of nitrogens with two attached hydrogens (primary N) is 1. The lowest BCUT2D eigenvalue weighted by atomic mass is 10.1. The number of nitrogens with zero attached hydrogens (tertiary/aromatic N) is 1. The van der Waals surface area contributed by atoms with Crippen molar-refractivity contribution in [1.82, 2.24) is 4.98 Å². The topological polar surface area (TPSA) is 105 Å². The Kier molecular flexibility index (Phi) is 4.54. The summed E-state index contributed by atoms with van der Waals surface area (Å²) >= 11 is 1.14. The fraction of sp³-hybridized carbons (Fsp3) is 0.214. The Balaban J connectivity index is 2.09. The van der Waals surface area contributed by atoms with Gasteiger partial charge in [-0.05, 0) is 31.0 Å². The number of benzene rings is 1. The predicted octanol–water partition coefficient (Wildman–Crippen LogP) is 2.30. The smallest absolute Gasteiger partial charge is 0.303 e. The number of hydrogen-bond acceptors (Lipinski definition) is 5. The number of nitrogens with one attached hydrogen (secondary N) is 1. The molecule has 0 radical (unpaired) electrons. The summed E-state index contributed by atoms with van der Waals surface area (Å²) in [6.45, 7) is 1.73. The van der Waals surface area contributed by atoms with Gasteiger partial charge in [-0.1, -0.05) is 23.5 Å². The summed E-state index contributed by atoms with van der Waals surface area (Å²) in [6, 6.07) is 7.12. The first kappa shape index (κ1) is 15.0. The van der Waals surface area contributed by atoms with Crippen LogP contribution in [0, 0.1) is 6.92 Å². The van der Waals surface area contributed by atoms with Gasteiger partial charge in [0.15, 0.2) is 5.13 Å². The molecule has 0 unspecified atom stereocenters. The summed E-state index contributed by atoms with van der Waals surface area (Å²) in [7, 11) is 0. The van der Waals surface area contributed by atoms with Crippen molar-refractivity contribution in [1.29, 1.82) is 0 Å². The molecule has 0 saturated heterocycles. The summed E-state index contributed by atoms with van der Waals surface area (Å²) in [6.07, 6.45) is 0.480. The Labute approximate surface area is 125 Å². The highest BCUT2D eigenvalue weighted by atomic mass is 32.1. The zero-order chi connectivity index (χ0) is 15.4. The van der Waals surface area contributed by atoms with Crippen LogP contribution in [0.1, 0.15) is 27.3 Å². The second-order valence-electron chi connectivity index (χ2n) is 4.51. The number of anilines is 2. The summed E-state index contributed by atoms with van der Waals surface area (Å²) in [4.78, 5) is 27.2. The molecule has 21 heavy (non-hydrogen) atoms. The predicted molar refractivity (Wildman–Crippen MR) is 81.6 cm³/mol. The van der Waals surface area contributed by atoms with Crippen LogP contribution in [0.5, 0.6) is 0 Å². The van der Waals surface area contributed by atoms with Gasteiger partial charge in [-0.15, -0.1) is 0 Å². The van der Waals surface area contributed by atoms with E-state index in [9.17, 15) is 9.59 Å². The lowest BCUT2D eigenvalue weighted by Crippen LogP contribution is -2.11. The molecule has 2 aromatic rings. The third-order valence-corrected chi connectivity index (χ3v) is 3.82. The molecule has 7 heteroatoms. The van der Waals surface area contributed by atoms with Crippen LogP contribution in [-0.4, -0.2) is 22.0 Å². The highest BCUT2D eigenvalue weighted by Crippen LogP contribution is 2.21. The van der Waals surface area contributed by atoms with E-state index in [2.05, 4.69) is 10.3 Å². The van der Waals surface area contributed by atoms with Crippen LogP contribution in [0.3, 0.4) is 0 Å². The number of hydrogen-bond donors (Lipinski definition) is 3. The van der Waals surface area contributed by atoms with Crippen molar-refractivity contribution < 1.29 is 14.7 Å². The third kappa shape index (κ3) is 4.03. The molecular weight excluding hydrogens is 290 g/mol. The van der Waals surface area contributed by atoms with E-state index >= 15 is 0 Å². The van der Waals surface area contributed by atoms with Gasteiger partial charge in [0, 0.05) is 12.1 Å². The maximum Gasteiger partial charge on any atom is 0.303 e. The molecule has 1 amide bonds. The van der Waals surface area contributed by atoms with Gasteiger partial charge in [-0.3, -0.25) is 9.59 Å². The summed E-state index contributed by atoms with van der Waals surface area (Å²) in [5, 5.41) is 11.8. The molecule has 2 rings (SSSR count). The number of nitrogen functional groups attached to an aromatic ring is 1. The number of rotatable bonds is 5. The maximum atomic E-state index is 12.1. The van der Waals surface area contributed by atoms with Gasteiger partial charge in [-0.25, -0.2) is 4.98 Å². The Bertz CT molecular complexity index is 682. The molecule has 0 spiro atoms. The first-order valence-electron chi connectivity index (χ1n) is 6.30. The normalized spacial score (nSPS) is 10.3. The molecule has 0 aliphatic carbocycles. The highest BCUT2D eigenvalue weighted by Gasteiger charge is 2.14. The van der Waals surface area contributed by atoms with Gasteiger partial charge in [-0.2, -0.15) is 0 Å². The van der Waals surface area contributed by atoms with E-state index in [1.54, 1.807) is 25.1 Å². The van der Waals surface area contributed by atoms with Crippen molar-refractivity contribution in [3.05, 3.63) is 40.4 Å². The fourth-order valence-corrected chi connectivity index (χ4v) is 2.60. The van der Waals surface area contributed by atoms with Crippen LogP contribution < -0.4 is 11.1 Å². The minimum Gasteiger partial charge on any atom is -0.481 e. The average molecular weight is 305 g/mol. The maximum absolute atomic E-state index is 12.1. The molecule has 1 aromatic heterocycles. The van der Waals surface area contributed by atoms with Crippen LogP contribution in [0.15, 0.2) is 24.3 Å². The lowest BCUT2D eigenvalue weighted by molar-refractivity contribution is -0.136. The Morgan fingerprint density at radius 1 is 1.43 bits per heavy atom. The van der Waals surface area contributed by atoms with Crippen LogP contribution in [0.2, 0.25) is 0 Å². The van der Waals surface area contributed by atoms with E-state index < -0.39 is 5.97 Å². The summed E-state index contributed by atoms with van der Waals surface area (Å²) in [5.74, 6) is -1.11. The molecule has 0 saturated carbocycles. The van der Waals surface area contributed by atoms with Gasteiger partial charge in [0.25, 0.3) is 5.91 Å². The quantitative estimate of drug-likeness (QED) is 0.786. The zero-order valence-electron chi connectivity index (χ0n) is 11.4. The average Bonchev–Trinajstić information content (AvgIpc) is 2.76. The van der Waals surface area contributed by atoms with E-state index in [1.807, 2.05) is 6.07 Å². The number of thiazole rings is 1. The molecule has 0 aliphatic heterocycles. The molecule has 4 N–H and O–H groups in total. The van der Waals surface area contributed by atoms with E-state index in [0.717, 1.165) is 16.9 Å². The van der Waals surface area contributed by atoms with Crippen molar-refractivity contribution in [2.45, 2.75) is 19.8 Å². The van der Waals surface area contributed by atoms with E-state index in [0.29, 0.717) is 27.8 Å². The van der Waals surface area contributed by atoms with Crippen LogP contribution >= 0.6 is 11.3 Å². The largest absolute Gasteiger partial charge is 0.481 e. The molecule has 0 bridgehead atoms.